The largest absolute Gasteiger partial charge is 0.356 e. The lowest BCUT2D eigenvalue weighted by molar-refractivity contribution is 0.450. The first kappa shape index (κ1) is 17.1. The molecule has 2 atom stereocenters. The second-order valence-corrected chi connectivity index (χ2v) is 9.88. The van der Waals surface area contributed by atoms with Gasteiger partial charge in [-0.15, -0.1) is 0 Å². The molecule has 2 aliphatic heterocycles. The summed E-state index contributed by atoms with van der Waals surface area (Å²) in [6, 6.07) is 0. The monoisotopic (exact) mass is 388 g/mol. The van der Waals surface area contributed by atoms with Crippen LogP contribution in [0.1, 0.15) is 23.5 Å². The van der Waals surface area contributed by atoms with Gasteiger partial charge < -0.3 is 9.47 Å². The maximum atomic E-state index is 12.8. The molecule has 2 fully saturated rings. The van der Waals surface area contributed by atoms with Crippen LogP contribution in [-0.2, 0) is 29.9 Å². The van der Waals surface area contributed by atoms with E-state index in [2.05, 4.69) is 14.9 Å². The minimum absolute atomic E-state index is 0.145. The van der Waals surface area contributed by atoms with Crippen molar-refractivity contribution >= 4 is 15.8 Å². The van der Waals surface area contributed by atoms with E-state index in [1.54, 1.807) is 22.1 Å². The van der Waals surface area contributed by atoms with E-state index >= 15 is 0 Å². The molecule has 4 heterocycles. The van der Waals surface area contributed by atoms with Crippen LogP contribution >= 0.6 is 0 Å². The Bertz CT molecular complexity index is 987. The fourth-order valence-corrected chi connectivity index (χ4v) is 6.29. The number of hydrogen-bond donors (Lipinski definition) is 0. The Balaban J connectivity index is 1.35. The van der Waals surface area contributed by atoms with Crippen molar-refractivity contribution in [2.24, 2.45) is 18.9 Å². The van der Waals surface area contributed by atoms with Gasteiger partial charge in [-0.3, -0.25) is 0 Å². The van der Waals surface area contributed by atoms with Crippen LogP contribution in [0.5, 0.6) is 0 Å². The molecule has 2 saturated heterocycles. The van der Waals surface area contributed by atoms with E-state index in [1.807, 2.05) is 6.92 Å². The fourth-order valence-electron chi connectivity index (χ4n) is 4.77. The second-order valence-electron chi connectivity index (χ2n) is 8.00. The van der Waals surface area contributed by atoms with E-state index in [0.29, 0.717) is 24.9 Å². The van der Waals surface area contributed by atoms with Crippen molar-refractivity contribution in [3.8, 4) is 0 Å². The van der Waals surface area contributed by atoms with Crippen molar-refractivity contribution in [1.29, 1.82) is 0 Å². The smallest absolute Gasteiger partial charge is 0.262 e. The standard InChI is InChI=1S/C18H24N6O2S/c1-12-20-16-5-3-4-15(16)18(21-12)23-6-13-8-24(9-14(13)7-23)27(25,26)17-10-22(2)11-19-17/h10-11,13-14H,3-9H2,1-2H3. The molecule has 8 nitrogen and oxygen atoms in total. The van der Waals surface area contributed by atoms with Crippen LogP contribution in [0.2, 0.25) is 0 Å². The van der Waals surface area contributed by atoms with Gasteiger partial charge >= 0.3 is 0 Å². The number of sulfonamides is 1. The molecular formula is C18H24N6O2S. The van der Waals surface area contributed by atoms with Gasteiger partial charge in [0, 0.05) is 50.7 Å². The maximum Gasteiger partial charge on any atom is 0.262 e. The van der Waals surface area contributed by atoms with Crippen LogP contribution in [0.25, 0.3) is 0 Å². The molecule has 144 valence electrons. The predicted octanol–water partition coefficient (Wildman–Crippen LogP) is 0.764. The third-order valence-electron chi connectivity index (χ3n) is 6.06. The zero-order valence-electron chi connectivity index (χ0n) is 15.7. The summed E-state index contributed by atoms with van der Waals surface area (Å²) < 4.78 is 29.0. The predicted molar refractivity (Wildman–Crippen MR) is 100.0 cm³/mol. The molecule has 1 aliphatic carbocycles. The highest BCUT2D eigenvalue weighted by molar-refractivity contribution is 7.89. The van der Waals surface area contributed by atoms with E-state index in [9.17, 15) is 8.42 Å². The number of imidazole rings is 1. The zero-order valence-corrected chi connectivity index (χ0v) is 16.5. The minimum Gasteiger partial charge on any atom is -0.356 e. The van der Waals surface area contributed by atoms with Gasteiger partial charge in [-0.1, -0.05) is 0 Å². The fraction of sp³-hybridized carbons (Fsp3) is 0.611. The molecule has 2 unspecified atom stereocenters. The highest BCUT2D eigenvalue weighted by Crippen LogP contribution is 2.38. The SMILES string of the molecule is Cc1nc2c(c(N3CC4CN(S(=O)(=O)c5cn(C)cn5)CC4C3)n1)CCC2. The van der Waals surface area contributed by atoms with Gasteiger partial charge in [0.05, 0.1) is 6.33 Å². The minimum atomic E-state index is -3.50. The number of aryl methyl sites for hydroxylation is 3. The Morgan fingerprint density at radius 1 is 1.07 bits per heavy atom. The summed E-state index contributed by atoms with van der Waals surface area (Å²) in [7, 11) is -1.72. The van der Waals surface area contributed by atoms with Crippen molar-refractivity contribution < 1.29 is 8.42 Å². The average molecular weight is 388 g/mol. The number of rotatable bonds is 3. The number of fused-ring (bicyclic) bond motifs is 2. The van der Waals surface area contributed by atoms with Gasteiger partial charge in [0.2, 0.25) is 0 Å². The van der Waals surface area contributed by atoms with Crippen LogP contribution in [-0.4, -0.2) is 58.4 Å². The number of hydrogen-bond acceptors (Lipinski definition) is 6. The van der Waals surface area contributed by atoms with Crippen molar-refractivity contribution in [3.63, 3.8) is 0 Å². The van der Waals surface area contributed by atoms with Crippen LogP contribution in [0, 0.1) is 18.8 Å². The maximum absolute atomic E-state index is 12.8. The molecule has 2 aromatic rings. The summed E-state index contributed by atoms with van der Waals surface area (Å²) in [6.07, 6.45) is 6.35. The molecule has 0 N–H and O–H groups in total. The summed E-state index contributed by atoms with van der Waals surface area (Å²) in [5, 5.41) is 0.145. The Morgan fingerprint density at radius 2 is 1.81 bits per heavy atom. The first-order chi connectivity index (χ1) is 12.9. The van der Waals surface area contributed by atoms with Gasteiger partial charge in [-0.2, -0.15) is 4.31 Å². The first-order valence-electron chi connectivity index (χ1n) is 9.51. The van der Waals surface area contributed by atoms with Gasteiger partial charge in [0.1, 0.15) is 11.6 Å². The second kappa shape index (κ2) is 6.00. The van der Waals surface area contributed by atoms with Crippen LogP contribution in [0.3, 0.4) is 0 Å². The third kappa shape index (κ3) is 2.75. The van der Waals surface area contributed by atoms with Crippen LogP contribution in [0.4, 0.5) is 5.82 Å². The molecule has 0 aromatic carbocycles. The molecule has 3 aliphatic rings. The van der Waals surface area contributed by atoms with Gasteiger partial charge in [-0.05, 0) is 38.0 Å². The van der Waals surface area contributed by atoms with Gasteiger partial charge in [0.25, 0.3) is 10.0 Å². The molecule has 9 heteroatoms. The molecule has 0 bridgehead atoms. The van der Waals surface area contributed by atoms with Crippen molar-refractivity contribution in [2.75, 3.05) is 31.1 Å². The molecule has 5 rings (SSSR count). The lowest BCUT2D eigenvalue weighted by Crippen LogP contribution is -2.34. The summed E-state index contributed by atoms with van der Waals surface area (Å²) in [5.74, 6) is 2.61. The molecule has 2 aromatic heterocycles. The topological polar surface area (TPSA) is 84.2 Å². The van der Waals surface area contributed by atoms with Gasteiger partial charge in [0.15, 0.2) is 5.03 Å². The normalized spacial score (nSPS) is 25.2. The Kier molecular flexibility index (Phi) is 3.80. The lowest BCUT2D eigenvalue weighted by Gasteiger charge is -2.23. The Labute approximate surface area is 159 Å². The number of anilines is 1. The van der Waals surface area contributed by atoms with Crippen LogP contribution in [0.15, 0.2) is 17.6 Å². The van der Waals surface area contributed by atoms with E-state index in [-0.39, 0.29) is 5.03 Å². The van der Waals surface area contributed by atoms with Crippen molar-refractivity contribution in [3.05, 3.63) is 29.6 Å². The highest BCUT2D eigenvalue weighted by Gasteiger charge is 2.45. The molecule has 0 amide bonds. The zero-order chi connectivity index (χ0) is 18.8. The van der Waals surface area contributed by atoms with E-state index in [1.165, 1.54) is 17.6 Å². The van der Waals surface area contributed by atoms with E-state index < -0.39 is 10.0 Å². The Hall–Kier alpha value is -2.00. The first-order valence-corrected chi connectivity index (χ1v) is 11.0. The molecular weight excluding hydrogens is 364 g/mol. The number of nitrogens with zero attached hydrogens (tertiary/aromatic N) is 6. The highest BCUT2D eigenvalue weighted by atomic mass is 32.2. The van der Waals surface area contributed by atoms with Gasteiger partial charge in [-0.25, -0.2) is 23.4 Å². The summed E-state index contributed by atoms with van der Waals surface area (Å²) in [6.45, 7) is 4.81. The van der Waals surface area contributed by atoms with E-state index in [0.717, 1.165) is 44.0 Å². The number of aromatic nitrogens is 4. The third-order valence-corrected chi connectivity index (χ3v) is 7.78. The average Bonchev–Trinajstić information content (AvgIpc) is 3.36. The molecule has 0 radical (unpaired) electrons. The molecule has 0 saturated carbocycles. The van der Waals surface area contributed by atoms with E-state index in [4.69, 9.17) is 4.98 Å². The molecule has 0 spiro atoms. The summed E-state index contributed by atoms with van der Waals surface area (Å²) in [4.78, 5) is 15.7. The van der Waals surface area contributed by atoms with Crippen molar-refractivity contribution in [2.45, 2.75) is 31.2 Å². The summed E-state index contributed by atoms with van der Waals surface area (Å²) >= 11 is 0. The lowest BCUT2D eigenvalue weighted by atomic mass is 10.0. The van der Waals surface area contributed by atoms with Crippen molar-refractivity contribution in [1.82, 2.24) is 23.8 Å². The summed E-state index contributed by atoms with van der Waals surface area (Å²) in [5.41, 5.74) is 2.51. The Morgan fingerprint density at radius 3 is 2.48 bits per heavy atom. The molecule has 27 heavy (non-hydrogen) atoms. The van der Waals surface area contributed by atoms with Crippen LogP contribution < -0.4 is 4.90 Å². The quantitative estimate of drug-likeness (QED) is 0.772.